The van der Waals surface area contributed by atoms with Crippen LogP contribution in [-0.2, 0) is 5.54 Å². The number of nitrogens with zero attached hydrogens (tertiary/aromatic N) is 2. The Labute approximate surface area is 142 Å². The van der Waals surface area contributed by atoms with Crippen molar-refractivity contribution in [3.63, 3.8) is 0 Å². The summed E-state index contributed by atoms with van der Waals surface area (Å²) >= 11 is 0. The number of carbonyl (C=O) groups is 1. The Morgan fingerprint density at radius 1 is 1.21 bits per heavy atom. The highest BCUT2D eigenvalue weighted by molar-refractivity contribution is 5.93. The molecule has 0 bridgehead atoms. The number of nitrogens with one attached hydrogen (secondary N) is 2. The van der Waals surface area contributed by atoms with Gasteiger partial charge in [-0.2, -0.15) is 0 Å². The van der Waals surface area contributed by atoms with Crippen molar-refractivity contribution in [2.45, 2.75) is 45.6 Å². The van der Waals surface area contributed by atoms with Gasteiger partial charge in [0.15, 0.2) is 0 Å². The fourth-order valence-electron chi connectivity index (χ4n) is 2.77. The van der Waals surface area contributed by atoms with Crippen LogP contribution in [-0.4, -0.2) is 15.9 Å². The molecule has 1 aliphatic carbocycles. The summed E-state index contributed by atoms with van der Waals surface area (Å²) in [5.74, 6) is 5.22. The number of anilines is 1. The second-order valence-corrected chi connectivity index (χ2v) is 5.70. The molecule has 4 N–H and O–H groups in total. The largest absolute Gasteiger partial charge is 0.345 e. The number of rotatable bonds is 4. The molecule has 1 aliphatic rings. The molecule has 1 aromatic carbocycles. The third kappa shape index (κ3) is 3.71. The Balaban J connectivity index is 0.00000100. The molecule has 1 amide bonds. The number of carbonyl (C=O) groups excluding carboxylic acids is 1. The van der Waals surface area contributed by atoms with Gasteiger partial charge in [-0.15, -0.1) is 0 Å². The molecule has 2 aromatic rings. The zero-order valence-corrected chi connectivity index (χ0v) is 14.5. The van der Waals surface area contributed by atoms with Crippen molar-refractivity contribution in [1.82, 2.24) is 15.4 Å². The first kappa shape index (κ1) is 17.9. The summed E-state index contributed by atoms with van der Waals surface area (Å²) in [5, 5.41) is 3.43. The fraction of sp³-hybridized carbons (Fsp3) is 0.389. The summed E-state index contributed by atoms with van der Waals surface area (Å²) in [6, 6.07) is 8.49. The van der Waals surface area contributed by atoms with Gasteiger partial charge in [-0.25, -0.2) is 15.8 Å². The van der Waals surface area contributed by atoms with E-state index in [0.717, 1.165) is 12.8 Å². The van der Waals surface area contributed by atoms with E-state index < -0.39 is 5.91 Å². The summed E-state index contributed by atoms with van der Waals surface area (Å²) < 4.78 is 0. The van der Waals surface area contributed by atoms with Crippen LogP contribution in [0.4, 0.5) is 5.95 Å². The highest BCUT2D eigenvalue weighted by Crippen LogP contribution is 2.43. The highest BCUT2D eigenvalue weighted by atomic mass is 16.2. The maximum absolute atomic E-state index is 11.4. The molecule has 1 fully saturated rings. The molecule has 0 atom stereocenters. The smallest absolute Gasteiger partial charge is 0.268 e. The molecule has 0 spiro atoms. The third-order valence-electron chi connectivity index (χ3n) is 4.17. The molecule has 24 heavy (non-hydrogen) atoms. The van der Waals surface area contributed by atoms with Crippen LogP contribution in [0, 0.1) is 6.92 Å². The number of hydrazine groups is 1. The van der Waals surface area contributed by atoms with Gasteiger partial charge in [0.2, 0.25) is 5.95 Å². The number of hydrogen-bond acceptors (Lipinski definition) is 5. The Bertz CT molecular complexity index is 680. The summed E-state index contributed by atoms with van der Waals surface area (Å²) in [5.41, 5.74) is 4.79. The van der Waals surface area contributed by atoms with E-state index in [-0.39, 0.29) is 5.54 Å². The lowest BCUT2D eigenvalue weighted by atomic mass is 9.71. The molecule has 6 heteroatoms. The van der Waals surface area contributed by atoms with Crippen LogP contribution in [0.2, 0.25) is 0 Å². The topological polar surface area (TPSA) is 92.9 Å². The van der Waals surface area contributed by atoms with Gasteiger partial charge in [-0.3, -0.25) is 10.2 Å². The van der Waals surface area contributed by atoms with Crippen molar-refractivity contribution in [3.8, 4) is 0 Å². The van der Waals surface area contributed by atoms with E-state index in [2.05, 4.69) is 51.9 Å². The van der Waals surface area contributed by atoms with Crippen molar-refractivity contribution in [2.75, 3.05) is 5.32 Å². The summed E-state index contributed by atoms with van der Waals surface area (Å²) in [7, 11) is 0. The fourth-order valence-corrected chi connectivity index (χ4v) is 2.77. The van der Waals surface area contributed by atoms with Crippen molar-refractivity contribution in [2.24, 2.45) is 5.84 Å². The predicted molar refractivity (Wildman–Crippen MR) is 95.4 cm³/mol. The summed E-state index contributed by atoms with van der Waals surface area (Å²) in [4.78, 5) is 19.8. The van der Waals surface area contributed by atoms with E-state index in [0.29, 0.717) is 11.5 Å². The van der Waals surface area contributed by atoms with Crippen LogP contribution in [0.5, 0.6) is 0 Å². The molecule has 1 aromatic heterocycles. The van der Waals surface area contributed by atoms with Gasteiger partial charge in [-0.05, 0) is 31.7 Å². The molecule has 1 heterocycles. The minimum absolute atomic E-state index is 0.107. The second kappa shape index (κ2) is 7.88. The average Bonchev–Trinajstić information content (AvgIpc) is 2.60. The van der Waals surface area contributed by atoms with Gasteiger partial charge in [-0.1, -0.05) is 43.7 Å². The van der Waals surface area contributed by atoms with E-state index in [1.54, 1.807) is 0 Å². The molecular weight excluding hydrogens is 302 g/mol. The first-order chi connectivity index (χ1) is 11.6. The van der Waals surface area contributed by atoms with E-state index in [1.807, 2.05) is 13.8 Å². The molecule has 6 nitrogen and oxygen atoms in total. The molecular formula is C18H25N5O. The maximum Gasteiger partial charge on any atom is 0.268 e. The zero-order chi connectivity index (χ0) is 17.6. The molecule has 3 rings (SSSR count). The Hall–Kier alpha value is -2.47. The number of aromatic nitrogens is 2. The van der Waals surface area contributed by atoms with Crippen molar-refractivity contribution >= 4 is 11.9 Å². The van der Waals surface area contributed by atoms with E-state index in [1.165, 1.54) is 29.9 Å². The number of nitrogens with two attached hydrogens (primary N) is 1. The monoisotopic (exact) mass is 327 g/mol. The number of aryl methyl sites for hydroxylation is 1. The molecule has 1 saturated carbocycles. The highest BCUT2D eigenvalue weighted by Gasteiger charge is 2.39. The number of benzene rings is 1. The van der Waals surface area contributed by atoms with Crippen LogP contribution in [0.1, 0.15) is 54.6 Å². The van der Waals surface area contributed by atoms with Gasteiger partial charge < -0.3 is 5.32 Å². The van der Waals surface area contributed by atoms with Crippen LogP contribution in [0.3, 0.4) is 0 Å². The van der Waals surface area contributed by atoms with Gasteiger partial charge in [0.1, 0.15) is 0 Å². The van der Waals surface area contributed by atoms with E-state index in [9.17, 15) is 4.79 Å². The minimum Gasteiger partial charge on any atom is -0.345 e. The molecule has 0 radical (unpaired) electrons. The van der Waals surface area contributed by atoms with Crippen LogP contribution < -0.4 is 16.6 Å². The SMILES string of the molecule is CC.Cc1cccc(C2(Nc3ncc(C(=O)NN)cn3)CCC2)c1. The van der Waals surface area contributed by atoms with Gasteiger partial charge in [0, 0.05) is 12.4 Å². The van der Waals surface area contributed by atoms with Crippen molar-refractivity contribution in [3.05, 3.63) is 53.3 Å². The molecule has 0 saturated heterocycles. The standard InChI is InChI=1S/C16H19N5O.C2H6/c1-11-4-2-5-13(8-11)16(6-3-7-16)20-15-18-9-12(10-19-15)14(22)21-17;1-2/h2,4-5,8-10H,3,6-7,17H2,1H3,(H,21,22)(H,18,19,20);1-2H3. The van der Waals surface area contributed by atoms with Crippen molar-refractivity contribution in [1.29, 1.82) is 0 Å². The predicted octanol–water partition coefficient (Wildman–Crippen LogP) is 2.91. The first-order valence-electron chi connectivity index (χ1n) is 8.31. The lowest BCUT2D eigenvalue weighted by Gasteiger charge is -2.43. The Kier molecular flexibility index (Phi) is 5.87. The van der Waals surface area contributed by atoms with E-state index in [4.69, 9.17) is 5.84 Å². The quantitative estimate of drug-likeness (QED) is 0.456. The number of nitrogen functional groups attached to an aromatic ring is 1. The minimum atomic E-state index is -0.399. The lowest BCUT2D eigenvalue weighted by Crippen LogP contribution is -2.42. The Morgan fingerprint density at radius 2 is 1.88 bits per heavy atom. The van der Waals surface area contributed by atoms with Crippen LogP contribution in [0.25, 0.3) is 0 Å². The molecule has 128 valence electrons. The van der Waals surface area contributed by atoms with Crippen LogP contribution >= 0.6 is 0 Å². The molecule has 0 unspecified atom stereocenters. The zero-order valence-electron chi connectivity index (χ0n) is 14.5. The lowest BCUT2D eigenvalue weighted by molar-refractivity contribution is 0.0953. The van der Waals surface area contributed by atoms with Crippen LogP contribution in [0.15, 0.2) is 36.7 Å². The van der Waals surface area contributed by atoms with Crippen molar-refractivity contribution < 1.29 is 4.79 Å². The van der Waals surface area contributed by atoms with Gasteiger partial charge >= 0.3 is 0 Å². The van der Waals surface area contributed by atoms with Gasteiger partial charge in [0.05, 0.1) is 11.1 Å². The molecule has 0 aliphatic heterocycles. The Morgan fingerprint density at radius 3 is 2.38 bits per heavy atom. The second-order valence-electron chi connectivity index (χ2n) is 5.70. The normalized spacial score (nSPS) is 14.7. The average molecular weight is 327 g/mol. The number of amides is 1. The van der Waals surface area contributed by atoms with E-state index >= 15 is 0 Å². The van der Waals surface area contributed by atoms with Gasteiger partial charge in [0.25, 0.3) is 5.91 Å². The summed E-state index contributed by atoms with van der Waals surface area (Å²) in [6.45, 7) is 6.09. The summed E-state index contributed by atoms with van der Waals surface area (Å²) in [6.07, 6.45) is 6.21. The first-order valence-corrected chi connectivity index (χ1v) is 8.31. The maximum atomic E-state index is 11.4. The number of hydrogen-bond donors (Lipinski definition) is 3. The third-order valence-corrected chi connectivity index (χ3v) is 4.17.